The minimum absolute atomic E-state index is 0.106. The summed E-state index contributed by atoms with van der Waals surface area (Å²) in [5.74, 6) is 0.106. The zero-order valence-corrected chi connectivity index (χ0v) is 13.9. The Morgan fingerprint density at radius 2 is 2.21 bits per heavy atom. The Balaban J connectivity index is 1.41. The number of para-hydroxylation sites is 1. The van der Waals surface area contributed by atoms with Gasteiger partial charge in [-0.15, -0.1) is 0 Å². The molecule has 1 amide bonds. The summed E-state index contributed by atoms with van der Waals surface area (Å²) >= 11 is 0. The molecule has 2 aromatic heterocycles. The molecule has 1 aliphatic carbocycles. The third-order valence-corrected chi connectivity index (χ3v) is 4.97. The monoisotopic (exact) mass is 322 g/mol. The van der Waals surface area contributed by atoms with Crippen LogP contribution in [0.4, 0.5) is 0 Å². The van der Waals surface area contributed by atoms with E-state index in [2.05, 4.69) is 39.4 Å². The molecule has 1 aromatic carbocycles. The lowest BCUT2D eigenvalue weighted by Crippen LogP contribution is -2.31. The highest BCUT2D eigenvalue weighted by molar-refractivity contribution is 5.80. The van der Waals surface area contributed by atoms with Crippen LogP contribution in [0.2, 0.25) is 0 Å². The van der Waals surface area contributed by atoms with E-state index in [1.807, 2.05) is 30.1 Å². The van der Waals surface area contributed by atoms with Crippen LogP contribution in [0.25, 0.3) is 10.9 Å². The number of hydrogen-bond donors (Lipinski definition) is 1. The van der Waals surface area contributed by atoms with Crippen molar-refractivity contribution in [2.24, 2.45) is 7.05 Å². The van der Waals surface area contributed by atoms with Crippen LogP contribution in [-0.4, -0.2) is 20.3 Å². The standard InChI is InChI=1S/C19H22N4O/c1-22-18-8-4-6-16(15(18)13-20-22)21-19(24)10-12-23-11-9-14-5-2-3-7-17(14)23/h2-3,5,7,9,11,13,16H,4,6,8,10,12H2,1H3,(H,21,24)/t16-/m0/s1. The fourth-order valence-electron chi connectivity index (χ4n) is 3.68. The van der Waals surface area contributed by atoms with Crippen LogP contribution in [0.1, 0.15) is 36.6 Å². The fourth-order valence-corrected chi connectivity index (χ4v) is 3.68. The number of amides is 1. The number of benzene rings is 1. The van der Waals surface area contributed by atoms with Gasteiger partial charge in [-0.3, -0.25) is 9.48 Å². The molecule has 124 valence electrons. The van der Waals surface area contributed by atoms with E-state index in [9.17, 15) is 4.79 Å². The molecule has 1 atom stereocenters. The van der Waals surface area contributed by atoms with Crippen molar-refractivity contribution in [3.63, 3.8) is 0 Å². The molecule has 0 fully saturated rings. The molecule has 0 saturated carbocycles. The van der Waals surface area contributed by atoms with Crippen molar-refractivity contribution >= 4 is 16.8 Å². The predicted octanol–water partition coefficient (Wildman–Crippen LogP) is 2.96. The van der Waals surface area contributed by atoms with E-state index in [1.165, 1.54) is 22.2 Å². The van der Waals surface area contributed by atoms with Gasteiger partial charge < -0.3 is 9.88 Å². The molecule has 5 heteroatoms. The third kappa shape index (κ3) is 2.70. The van der Waals surface area contributed by atoms with Crippen molar-refractivity contribution < 1.29 is 4.79 Å². The van der Waals surface area contributed by atoms with E-state index in [0.717, 1.165) is 19.3 Å². The van der Waals surface area contributed by atoms with E-state index in [-0.39, 0.29) is 11.9 Å². The summed E-state index contributed by atoms with van der Waals surface area (Å²) in [6.07, 6.45) is 7.59. The van der Waals surface area contributed by atoms with E-state index < -0.39 is 0 Å². The van der Waals surface area contributed by atoms with Crippen LogP contribution >= 0.6 is 0 Å². The lowest BCUT2D eigenvalue weighted by Gasteiger charge is -2.23. The van der Waals surface area contributed by atoms with Crippen LogP contribution in [0, 0.1) is 0 Å². The Bertz CT molecular complexity index is 877. The normalized spacial score (nSPS) is 17.0. The summed E-state index contributed by atoms with van der Waals surface area (Å²) in [5, 5.41) is 8.74. The van der Waals surface area contributed by atoms with Crippen molar-refractivity contribution in [1.29, 1.82) is 0 Å². The topological polar surface area (TPSA) is 51.9 Å². The summed E-state index contributed by atoms with van der Waals surface area (Å²) in [6, 6.07) is 10.5. The molecular formula is C19H22N4O. The molecule has 5 nitrogen and oxygen atoms in total. The molecule has 0 radical (unpaired) electrons. The number of aryl methyl sites for hydroxylation is 2. The van der Waals surface area contributed by atoms with Crippen molar-refractivity contribution in [2.45, 2.75) is 38.3 Å². The summed E-state index contributed by atoms with van der Waals surface area (Å²) in [5.41, 5.74) is 3.61. The largest absolute Gasteiger partial charge is 0.349 e. The molecule has 1 N–H and O–H groups in total. The van der Waals surface area contributed by atoms with Crippen LogP contribution in [0.5, 0.6) is 0 Å². The second-order valence-corrected chi connectivity index (χ2v) is 6.50. The number of nitrogens with one attached hydrogen (secondary N) is 1. The molecule has 0 bridgehead atoms. The molecular weight excluding hydrogens is 300 g/mol. The SMILES string of the molecule is Cn1ncc2c1CCC[C@@H]2NC(=O)CCn1ccc2ccccc21. The second-order valence-electron chi connectivity index (χ2n) is 6.50. The molecule has 3 aromatic rings. The van der Waals surface area contributed by atoms with Gasteiger partial charge in [0.2, 0.25) is 5.91 Å². The number of fused-ring (bicyclic) bond motifs is 2. The number of rotatable bonds is 4. The molecule has 2 heterocycles. The summed E-state index contributed by atoms with van der Waals surface area (Å²) < 4.78 is 4.07. The van der Waals surface area contributed by atoms with Gasteiger partial charge in [0.15, 0.2) is 0 Å². The van der Waals surface area contributed by atoms with Crippen LogP contribution in [0.15, 0.2) is 42.7 Å². The zero-order chi connectivity index (χ0) is 16.5. The van der Waals surface area contributed by atoms with Crippen LogP contribution < -0.4 is 5.32 Å². The molecule has 0 aliphatic heterocycles. The van der Waals surface area contributed by atoms with Gasteiger partial charge in [0.1, 0.15) is 0 Å². The molecule has 24 heavy (non-hydrogen) atoms. The first-order valence-corrected chi connectivity index (χ1v) is 8.56. The number of carbonyl (C=O) groups excluding carboxylic acids is 1. The van der Waals surface area contributed by atoms with Gasteiger partial charge in [-0.2, -0.15) is 5.10 Å². The minimum Gasteiger partial charge on any atom is -0.349 e. The summed E-state index contributed by atoms with van der Waals surface area (Å²) in [6.45, 7) is 0.700. The second kappa shape index (κ2) is 6.15. The van der Waals surface area contributed by atoms with Crippen molar-refractivity contribution in [3.05, 3.63) is 54.0 Å². The van der Waals surface area contributed by atoms with Crippen LogP contribution in [-0.2, 0) is 24.8 Å². The summed E-state index contributed by atoms with van der Waals surface area (Å²) in [7, 11) is 1.97. The first-order chi connectivity index (χ1) is 11.7. The fraction of sp³-hybridized carbons (Fsp3) is 0.368. The van der Waals surface area contributed by atoms with E-state index in [4.69, 9.17) is 0 Å². The molecule has 0 unspecified atom stereocenters. The van der Waals surface area contributed by atoms with Crippen molar-refractivity contribution in [1.82, 2.24) is 19.7 Å². The maximum Gasteiger partial charge on any atom is 0.222 e. The van der Waals surface area contributed by atoms with Gasteiger partial charge in [-0.1, -0.05) is 18.2 Å². The highest BCUT2D eigenvalue weighted by Crippen LogP contribution is 2.29. The molecule has 0 spiro atoms. The van der Waals surface area contributed by atoms with E-state index >= 15 is 0 Å². The quantitative estimate of drug-likeness (QED) is 0.803. The van der Waals surface area contributed by atoms with E-state index in [0.29, 0.717) is 13.0 Å². The lowest BCUT2D eigenvalue weighted by atomic mass is 9.93. The maximum absolute atomic E-state index is 12.4. The average Bonchev–Trinajstić information content (AvgIpc) is 3.18. The summed E-state index contributed by atoms with van der Waals surface area (Å²) in [4.78, 5) is 12.4. The highest BCUT2D eigenvalue weighted by Gasteiger charge is 2.24. The first kappa shape index (κ1) is 15.0. The van der Waals surface area contributed by atoms with Crippen molar-refractivity contribution in [2.75, 3.05) is 0 Å². The Morgan fingerprint density at radius 1 is 1.33 bits per heavy atom. The lowest BCUT2D eigenvalue weighted by molar-refractivity contribution is -0.122. The maximum atomic E-state index is 12.4. The number of aromatic nitrogens is 3. The van der Waals surface area contributed by atoms with Gasteiger partial charge in [-0.25, -0.2) is 0 Å². The van der Waals surface area contributed by atoms with Gasteiger partial charge in [0.25, 0.3) is 0 Å². The molecule has 4 rings (SSSR count). The number of nitrogens with zero attached hydrogens (tertiary/aromatic N) is 3. The number of hydrogen-bond acceptors (Lipinski definition) is 2. The van der Waals surface area contributed by atoms with Gasteiger partial charge >= 0.3 is 0 Å². The molecule has 1 aliphatic rings. The minimum atomic E-state index is 0.106. The Morgan fingerprint density at radius 3 is 3.12 bits per heavy atom. The van der Waals surface area contributed by atoms with Crippen LogP contribution in [0.3, 0.4) is 0 Å². The zero-order valence-electron chi connectivity index (χ0n) is 13.9. The Labute approximate surface area is 141 Å². The van der Waals surface area contributed by atoms with Gasteiger partial charge in [0, 0.05) is 43.0 Å². The van der Waals surface area contributed by atoms with Gasteiger partial charge in [0.05, 0.1) is 12.2 Å². The third-order valence-electron chi connectivity index (χ3n) is 4.97. The van der Waals surface area contributed by atoms with E-state index in [1.54, 1.807) is 0 Å². The Kier molecular flexibility index (Phi) is 3.84. The average molecular weight is 322 g/mol. The number of carbonyl (C=O) groups is 1. The smallest absolute Gasteiger partial charge is 0.222 e. The predicted molar refractivity (Wildman–Crippen MR) is 93.6 cm³/mol. The molecule has 0 saturated heterocycles. The van der Waals surface area contributed by atoms with Crippen molar-refractivity contribution in [3.8, 4) is 0 Å². The van der Waals surface area contributed by atoms with Gasteiger partial charge in [-0.05, 0) is 36.8 Å². The highest BCUT2D eigenvalue weighted by atomic mass is 16.1. The first-order valence-electron chi connectivity index (χ1n) is 8.56. The Hall–Kier alpha value is -2.56.